The number of nitrogens with one attached hydrogen (secondary N) is 1. The first kappa shape index (κ1) is 20.0. The summed E-state index contributed by atoms with van der Waals surface area (Å²) in [5.41, 5.74) is 3.27. The second kappa shape index (κ2) is 8.99. The third-order valence-corrected chi connectivity index (χ3v) is 5.74. The maximum atomic E-state index is 13.6. The molecule has 2 saturated heterocycles. The van der Waals surface area contributed by atoms with Gasteiger partial charge >= 0.3 is 0 Å². The minimum atomic E-state index is -0.181. The standard InChI is InChI=1S/C23H31FN4O/c1-17(2)22-14-21(27-9-11-29-12-10-27)15-23(26-22)25-19-6-4-8-28(16-19)20-7-3-5-18(24)13-20/h3,5,7,13-15,17,19H,4,6,8-12,16H2,1-2H3,(H,25,26)/t19-/m1/s1. The number of ether oxygens (including phenoxy) is 1. The van der Waals surface area contributed by atoms with Gasteiger partial charge in [-0.15, -0.1) is 0 Å². The summed E-state index contributed by atoms with van der Waals surface area (Å²) in [5.74, 6) is 1.12. The van der Waals surface area contributed by atoms with Crippen LogP contribution in [0.15, 0.2) is 36.4 Å². The van der Waals surface area contributed by atoms with E-state index in [1.165, 1.54) is 11.8 Å². The monoisotopic (exact) mass is 398 g/mol. The normalized spacial score (nSPS) is 20.2. The van der Waals surface area contributed by atoms with Gasteiger partial charge in [0.25, 0.3) is 0 Å². The highest BCUT2D eigenvalue weighted by atomic mass is 19.1. The highest BCUT2D eigenvalue weighted by Crippen LogP contribution is 2.27. The molecule has 1 aromatic heterocycles. The first-order valence-corrected chi connectivity index (χ1v) is 10.7. The third-order valence-electron chi connectivity index (χ3n) is 5.74. The van der Waals surface area contributed by atoms with Crippen LogP contribution in [0.5, 0.6) is 0 Å². The van der Waals surface area contributed by atoms with E-state index in [0.29, 0.717) is 12.0 Å². The van der Waals surface area contributed by atoms with Crippen molar-refractivity contribution in [2.24, 2.45) is 0 Å². The van der Waals surface area contributed by atoms with Gasteiger partial charge in [-0.1, -0.05) is 19.9 Å². The number of halogens is 1. The Bertz CT molecular complexity index is 822. The number of nitrogens with zero attached hydrogens (tertiary/aromatic N) is 3. The molecule has 156 valence electrons. The number of benzene rings is 1. The zero-order chi connectivity index (χ0) is 20.2. The summed E-state index contributed by atoms with van der Waals surface area (Å²) >= 11 is 0. The average molecular weight is 399 g/mol. The SMILES string of the molecule is CC(C)c1cc(N2CCOCC2)cc(N[C@@H]2CCCN(c3cccc(F)c3)C2)n1. The number of piperidine rings is 1. The van der Waals surface area contributed by atoms with E-state index >= 15 is 0 Å². The first-order chi connectivity index (χ1) is 14.1. The molecule has 4 rings (SSSR count). The molecule has 5 nitrogen and oxygen atoms in total. The molecule has 0 spiro atoms. The number of anilines is 3. The fourth-order valence-electron chi connectivity index (χ4n) is 4.12. The lowest BCUT2D eigenvalue weighted by atomic mass is 10.0. The van der Waals surface area contributed by atoms with E-state index in [9.17, 15) is 4.39 Å². The molecule has 1 atom stereocenters. The van der Waals surface area contributed by atoms with E-state index in [-0.39, 0.29) is 5.82 Å². The Hall–Kier alpha value is -2.34. The highest BCUT2D eigenvalue weighted by Gasteiger charge is 2.22. The summed E-state index contributed by atoms with van der Waals surface area (Å²) in [6.07, 6.45) is 2.17. The van der Waals surface area contributed by atoms with Gasteiger partial charge in [-0.05, 0) is 43.0 Å². The fraction of sp³-hybridized carbons (Fsp3) is 0.522. The molecular formula is C23H31FN4O. The molecule has 29 heavy (non-hydrogen) atoms. The maximum absolute atomic E-state index is 13.6. The molecule has 2 fully saturated rings. The topological polar surface area (TPSA) is 40.6 Å². The minimum Gasteiger partial charge on any atom is -0.378 e. The van der Waals surface area contributed by atoms with Crippen molar-refractivity contribution in [3.05, 3.63) is 47.9 Å². The van der Waals surface area contributed by atoms with Gasteiger partial charge in [0.05, 0.1) is 13.2 Å². The Kier molecular flexibility index (Phi) is 6.19. The first-order valence-electron chi connectivity index (χ1n) is 10.7. The molecule has 0 unspecified atom stereocenters. The van der Waals surface area contributed by atoms with Crippen LogP contribution in [0.3, 0.4) is 0 Å². The number of hydrogen-bond acceptors (Lipinski definition) is 5. The predicted octanol–water partition coefficient (Wildman–Crippen LogP) is 4.26. The van der Waals surface area contributed by atoms with Crippen molar-refractivity contribution in [3.63, 3.8) is 0 Å². The molecular weight excluding hydrogens is 367 g/mol. The number of hydrogen-bond donors (Lipinski definition) is 1. The van der Waals surface area contributed by atoms with Crippen LogP contribution in [-0.4, -0.2) is 50.4 Å². The number of rotatable bonds is 5. The van der Waals surface area contributed by atoms with E-state index in [0.717, 1.165) is 69.4 Å². The minimum absolute atomic E-state index is 0.181. The molecule has 0 radical (unpaired) electrons. The summed E-state index contributed by atoms with van der Waals surface area (Å²) in [6, 6.07) is 11.6. The summed E-state index contributed by atoms with van der Waals surface area (Å²) in [4.78, 5) is 9.53. The highest BCUT2D eigenvalue weighted by molar-refractivity contribution is 5.57. The van der Waals surface area contributed by atoms with Gasteiger partial charge in [0.2, 0.25) is 0 Å². The van der Waals surface area contributed by atoms with E-state index < -0.39 is 0 Å². The van der Waals surface area contributed by atoms with Crippen LogP contribution in [0.2, 0.25) is 0 Å². The van der Waals surface area contributed by atoms with Crippen LogP contribution in [0.1, 0.15) is 38.3 Å². The Labute approximate surface area is 172 Å². The Morgan fingerprint density at radius 1 is 1.07 bits per heavy atom. The Morgan fingerprint density at radius 2 is 1.90 bits per heavy atom. The van der Waals surface area contributed by atoms with Crippen molar-refractivity contribution in [1.29, 1.82) is 0 Å². The quantitative estimate of drug-likeness (QED) is 0.815. The van der Waals surface area contributed by atoms with Gasteiger partial charge in [0.15, 0.2) is 0 Å². The van der Waals surface area contributed by atoms with Crippen molar-refractivity contribution in [2.75, 3.05) is 54.5 Å². The molecule has 0 aliphatic carbocycles. The zero-order valence-corrected chi connectivity index (χ0v) is 17.4. The van der Waals surface area contributed by atoms with Crippen LogP contribution in [0.4, 0.5) is 21.6 Å². The lowest BCUT2D eigenvalue weighted by molar-refractivity contribution is 0.122. The van der Waals surface area contributed by atoms with E-state index in [1.54, 1.807) is 12.1 Å². The van der Waals surface area contributed by atoms with Gasteiger partial charge < -0.3 is 19.9 Å². The van der Waals surface area contributed by atoms with Crippen LogP contribution in [-0.2, 0) is 4.74 Å². The molecule has 0 saturated carbocycles. The van der Waals surface area contributed by atoms with Crippen molar-refractivity contribution in [1.82, 2.24) is 4.98 Å². The lowest BCUT2D eigenvalue weighted by Gasteiger charge is -2.35. The fourth-order valence-corrected chi connectivity index (χ4v) is 4.12. The zero-order valence-electron chi connectivity index (χ0n) is 17.4. The summed E-state index contributed by atoms with van der Waals surface area (Å²) in [7, 11) is 0. The van der Waals surface area contributed by atoms with Crippen LogP contribution in [0, 0.1) is 5.82 Å². The number of pyridine rings is 1. The third kappa shape index (κ3) is 4.99. The van der Waals surface area contributed by atoms with Crippen LogP contribution in [0.25, 0.3) is 0 Å². The molecule has 2 aromatic rings. The maximum Gasteiger partial charge on any atom is 0.128 e. The summed E-state index contributed by atoms with van der Waals surface area (Å²) < 4.78 is 19.1. The molecule has 6 heteroatoms. The van der Waals surface area contributed by atoms with Gasteiger partial charge in [-0.25, -0.2) is 9.37 Å². The van der Waals surface area contributed by atoms with Crippen LogP contribution >= 0.6 is 0 Å². The van der Waals surface area contributed by atoms with E-state index in [4.69, 9.17) is 9.72 Å². The largest absolute Gasteiger partial charge is 0.378 e. The van der Waals surface area contributed by atoms with Crippen molar-refractivity contribution in [2.45, 2.75) is 38.6 Å². The molecule has 2 aliphatic rings. The molecule has 3 heterocycles. The number of aromatic nitrogens is 1. The van der Waals surface area contributed by atoms with Crippen molar-refractivity contribution >= 4 is 17.2 Å². The number of morpholine rings is 1. The second-order valence-corrected chi connectivity index (χ2v) is 8.30. The van der Waals surface area contributed by atoms with E-state index in [1.807, 2.05) is 6.07 Å². The van der Waals surface area contributed by atoms with Gasteiger partial charge in [0.1, 0.15) is 11.6 Å². The lowest BCUT2D eigenvalue weighted by Crippen LogP contribution is -2.42. The van der Waals surface area contributed by atoms with Gasteiger partial charge in [-0.2, -0.15) is 0 Å². The van der Waals surface area contributed by atoms with E-state index in [2.05, 4.69) is 41.1 Å². The molecule has 1 N–H and O–H groups in total. The molecule has 2 aliphatic heterocycles. The van der Waals surface area contributed by atoms with Gasteiger partial charge in [-0.3, -0.25) is 0 Å². The summed E-state index contributed by atoms with van der Waals surface area (Å²) in [5, 5.41) is 3.67. The molecule has 0 amide bonds. The van der Waals surface area contributed by atoms with Crippen LogP contribution < -0.4 is 15.1 Å². The van der Waals surface area contributed by atoms with Gasteiger partial charge in [0, 0.05) is 55.4 Å². The smallest absolute Gasteiger partial charge is 0.128 e. The Morgan fingerprint density at radius 3 is 2.66 bits per heavy atom. The summed E-state index contributed by atoms with van der Waals surface area (Å²) in [6.45, 7) is 9.54. The molecule has 1 aromatic carbocycles. The predicted molar refractivity (Wildman–Crippen MR) is 117 cm³/mol. The van der Waals surface area contributed by atoms with Crippen molar-refractivity contribution in [3.8, 4) is 0 Å². The average Bonchev–Trinajstić information content (AvgIpc) is 2.74. The second-order valence-electron chi connectivity index (χ2n) is 8.30. The van der Waals surface area contributed by atoms with Crippen molar-refractivity contribution < 1.29 is 9.13 Å². The molecule has 0 bridgehead atoms. The Balaban J connectivity index is 1.51.